The Labute approximate surface area is 150 Å². The minimum atomic E-state index is -0.358. The monoisotopic (exact) mass is 386 g/mol. The first-order valence-corrected chi connectivity index (χ1v) is 8.31. The molecule has 0 aliphatic heterocycles. The van der Waals surface area contributed by atoms with Crippen LogP contribution in [0, 0.1) is 0 Å². The molecule has 0 unspecified atom stereocenters. The van der Waals surface area contributed by atoms with Gasteiger partial charge in [0.2, 0.25) is 5.91 Å². The number of carbonyl (C=O) groups is 1. The summed E-state index contributed by atoms with van der Waals surface area (Å²) in [7, 11) is 0. The van der Waals surface area contributed by atoms with Crippen molar-refractivity contribution >= 4 is 74.5 Å². The Kier molecular flexibility index (Phi) is 4.50. The molecule has 0 bridgehead atoms. The maximum Gasteiger partial charge on any atom is 0.248 e. The second kappa shape index (κ2) is 6.41. The van der Waals surface area contributed by atoms with Crippen LogP contribution < -0.4 is 11.1 Å². The number of halogens is 3. The lowest BCUT2D eigenvalue weighted by molar-refractivity contribution is -0.111. The van der Waals surface area contributed by atoms with Gasteiger partial charge >= 0.3 is 0 Å². The fourth-order valence-corrected chi connectivity index (χ4v) is 3.41. The van der Waals surface area contributed by atoms with Crippen molar-refractivity contribution in [3.63, 3.8) is 0 Å². The van der Waals surface area contributed by atoms with Gasteiger partial charge in [-0.3, -0.25) is 9.20 Å². The highest BCUT2D eigenvalue weighted by molar-refractivity contribution is 7.15. The lowest BCUT2D eigenvalue weighted by Crippen LogP contribution is -2.08. The minimum absolute atomic E-state index is 0.271. The van der Waals surface area contributed by atoms with Crippen LogP contribution in [0.15, 0.2) is 29.8 Å². The summed E-state index contributed by atoms with van der Waals surface area (Å²) in [6.45, 7) is 0. The van der Waals surface area contributed by atoms with Crippen LogP contribution in [0.3, 0.4) is 0 Å². The topological polar surface area (TPSA) is 72.4 Å². The molecule has 0 fully saturated rings. The molecule has 1 aromatic carbocycles. The van der Waals surface area contributed by atoms with Gasteiger partial charge in [-0.2, -0.15) is 0 Å². The van der Waals surface area contributed by atoms with E-state index in [0.29, 0.717) is 16.5 Å². The summed E-state index contributed by atoms with van der Waals surface area (Å²) in [6, 6.07) is 3.05. The van der Waals surface area contributed by atoms with Crippen LogP contribution in [0.25, 0.3) is 11.0 Å². The van der Waals surface area contributed by atoms with Crippen LogP contribution in [-0.4, -0.2) is 15.3 Å². The fraction of sp³-hybridized carbons (Fsp3) is 0. The van der Waals surface area contributed by atoms with E-state index in [2.05, 4.69) is 10.3 Å². The quantitative estimate of drug-likeness (QED) is 0.510. The Morgan fingerprint density at radius 1 is 1.30 bits per heavy atom. The van der Waals surface area contributed by atoms with Crippen LogP contribution in [0.1, 0.15) is 5.69 Å². The molecule has 0 spiro atoms. The van der Waals surface area contributed by atoms with E-state index in [1.54, 1.807) is 10.5 Å². The number of nitrogens with zero attached hydrogens (tertiary/aromatic N) is 2. The minimum Gasteiger partial charge on any atom is -0.396 e. The van der Waals surface area contributed by atoms with E-state index in [-0.39, 0.29) is 21.6 Å². The summed E-state index contributed by atoms with van der Waals surface area (Å²) >= 11 is 19.4. The smallest absolute Gasteiger partial charge is 0.248 e. The molecule has 0 aliphatic rings. The Hall–Kier alpha value is -1.73. The molecule has 2 heterocycles. The van der Waals surface area contributed by atoms with Gasteiger partial charge in [-0.05, 0) is 18.2 Å². The standard InChI is InChI=1S/C14H9Cl3N4OS/c15-8-5-7(6-9(16)12(8)18)19-11(22)2-1-10-13(17)20-14-21(10)3-4-23-14/h1-6H,18H2,(H,19,22)/b2-1-. The predicted molar refractivity (Wildman–Crippen MR) is 96.6 cm³/mol. The average molecular weight is 388 g/mol. The molecule has 3 aromatic rings. The van der Waals surface area contributed by atoms with Gasteiger partial charge in [-0.25, -0.2) is 4.98 Å². The zero-order valence-corrected chi connectivity index (χ0v) is 14.5. The van der Waals surface area contributed by atoms with Crippen LogP contribution in [0.5, 0.6) is 0 Å². The first-order chi connectivity index (χ1) is 11.0. The van der Waals surface area contributed by atoms with Gasteiger partial charge in [0, 0.05) is 23.3 Å². The van der Waals surface area contributed by atoms with Crippen molar-refractivity contribution in [3.8, 4) is 0 Å². The number of amides is 1. The van der Waals surface area contributed by atoms with E-state index in [1.807, 2.05) is 11.6 Å². The molecule has 0 saturated heterocycles. The van der Waals surface area contributed by atoms with Crippen molar-refractivity contribution in [2.45, 2.75) is 0 Å². The van der Waals surface area contributed by atoms with Crippen LogP contribution >= 0.6 is 46.1 Å². The van der Waals surface area contributed by atoms with Gasteiger partial charge in [-0.15, -0.1) is 11.3 Å². The Balaban J connectivity index is 1.79. The van der Waals surface area contributed by atoms with Crippen molar-refractivity contribution in [2.75, 3.05) is 11.1 Å². The van der Waals surface area contributed by atoms with Crippen molar-refractivity contribution in [1.29, 1.82) is 0 Å². The van der Waals surface area contributed by atoms with Gasteiger partial charge in [0.1, 0.15) is 0 Å². The van der Waals surface area contributed by atoms with E-state index in [0.717, 1.165) is 4.96 Å². The molecule has 3 rings (SSSR count). The number of hydrogen-bond acceptors (Lipinski definition) is 4. The Morgan fingerprint density at radius 2 is 2.00 bits per heavy atom. The van der Waals surface area contributed by atoms with E-state index < -0.39 is 0 Å². The van der Waals surface area contributed by atoms with E-state index in [9.17, 15) is 4.79 Å². The molecule has 2 aromatic heterocycles. The summed E-state index contributed by atoms with van der Waals surface area (Å²) in [4.78, 5) is 17.0. The molecule has 9 heteroatoms. The number of rotatable bonds is 3. The number of aromatic nitrogens is 2. The molecule has 3 N–H and O–H groups in total. The highest BCUT2D eigenvalue weighted by Gasteiger charge is 2.10. The fourth-order valence-electron chi connectivity index (χ4n) is 1.92. The molecule has 0 aliphatic carbocycles. The number of hydrogen-bond donors (Lipinski definition) is 2. The molecular formula is C14H9Cl3N4OS. The number of fused-ring (bicyclic) bond motifs is 1. The van der Waals surface area contributed by atoms with Gasteiger partial charge in [0.15, 0.2) is 10.1 Å². The van der Waals surface area contributed by atoms with Crippen molar-refractivity contribution in [2.24, 2.45) is 0 Å². The first kappa shape index (κ1) is 16.1. The number of thiazole rings is 1. The largest absolute Gasteiger partial charge is 0.396 e. The molecule has 118 valence electrons. The van der Waals surface area contributed by atoms with Crippen molar-refractivity contribution < 1.29 is 4.79 Å². The number of benzene rings is 1. The van der Waals surface area contributed by atoms with Crippen LogP contribution in [0.4, 0.5) is 11.4 Å². The summed E-state index contributed by atoms with van der Waals surface area (Å²) in [5.74, 6) is -0.358. The number of imidazole rings is 1. The third-order valence-electron chi connectivity index (χ3n) is 2.99. The highest BCUT2D eigenvalue weighted by Crippen LogP contribution is 2.31. The van der Waals surface area contributed by atoms with Crippen molar-refractivity contribution in [3.05, 3.63) is 50.7 Å². The molecular weight excluding hydrogens is 379 g/mol. The number of anilines is 2. The maximum atomic E-state index is 12.0. The van der Waals surface area contributed by atoms with Gasteiger partial charge in [-0.1, -0.05) is 34.8 Å². The third kappa shape index (κ3) is 3.30. The SMILES string of the molecule is Nc1c(Cl)cc(NC(=O)/C=C\c2c(Cl)nc3sccn23)cc1Cl. The van der Waals surface area contributed by atoms with E-state index in [1.165, 1.54) is 29.5 Å². The Bertz CT molecular complexity index is 908. The predicted octanol–water partition coefficient (Wildman–Crippen LogP) is 4.59. The summed E-state index contributed by atoms with van der Waals surface area (Å²) in [5, 5.41) is 5.42. The maximum absolute atomic E-state index is 12.0. The van der Waals surface area contributed by atoms with Crippen LogP contribution in [0.2, 0.25) is 15.2 Å². The number of nitrogens with two attached hydrogens (primary N) is 1. The van der Waals surface area contributed by atoms with Crippen LogP contribution in [-0.2, 0) is 4.79 Å². The zero-order chi connectivity index (χ0) is 16.6. The van der Waals surface area contributed by atoms with Gasteiger partial charge in [0.05, 0.1) is 21.4 Å². The highest BCUT2D eigenvalue weighted by atomic mass is 35.5. The lowest BCUT2D eigenvalue weighted by atomic mass is 10.2. The van der Waals surface area contributed by atoms with Crippen molar-refractivity contribution in [1.82, 2.24) is 9.38 Å². The Morgan fingerprint density at radius 3 is 2.70 bits per heavy atom. The lowest BCUT2D eigenvalue weighted by Gasteiger charge is -2.06. The summed E-state index contributed by atoms with van der Waals surface area (Å²) in [5.41, 5.74) is 7.00. The van der Waals surface area contributed by atoms with Gasteiger partial charge < -0.3 is 11.1 Å². The molecule has 5 nitrogen and oxygen atoms in total. The molecule has 0 saturated carbocycles. The molecule has 0 radical (unpaired) electrons. The van der Waals surface area contributed by atoms with Gasteiger partial charge in [0.25, 0.3) is 0 Å². The second-order valence-electron chi connectivity index (χ2n) is 4.52. The third-order valence-corrected chi connectivity index (χ3v) is 4.65. The second-order valence-corrected chi connectivity index (χ2v) is 6.57. The zero-order valence-electron chi connectivity index (χ0n) is 11.4. The molecule has 23 heavy (non-hydrogen) atoms. The van der Waals surface area contributed by atoms with E-state index in [4.69, 9.17) is 40.5 Å². The summed E-state index contributed by atoms with van der Waals surface area (Å²) in [6.07, 6.45) is 4.77. The number of nitrogens with one attached hydrogen (secondary N) is 1. The molecule has 1 amide bonds. The average Bonchev–Trinajstić information content (AvgIpc) is 3.03. The number of nitrogen functional groups attached to an aromatic ring is 1. The first-order valence-electron chi connectivity index (χ1n) is 6.30. The normalized spacial score (nSPS) is 11.4. The molecule has 0 atom stereocenters. The number of carbonyl (C=O) groups excluding carboxylic acids is 1. The summed E-state index contributed by atoms with van der Waals surface area (Å²) < 4.78 is 1.80. The van der Waals surface area contributed by atoms with E-state index >= 15 is 0 Å².